The molecule has 0 aromatic rings. The average molecular weight is 1030 g/mol. The summed E-state index contributed by atoms with van der Waals surface area (Å²) in [6.45, 7) is 4.84. The summed E-state index contributed by atoms with van der Waals surface area (Å²) in [4.78, 5) is 12.1. The van der Waals surface area contributed by atoms with Crippen LogP contribution in [0.25, 0.3) is 0 Å². The third-order valence-electron chi connectivity index (χ3n) is 15.1. The Labute approximate surface area is 454 Å². The fraction of sp³-hybridized carbons (Fsp3) is 0.894. The second-order valence-corrected chi connectivity index (χ2v) is 22.4. The summed E-state index contributed by atoms with van der Waals surface area (Å²) in [5.74, 6) is 0.00217. The Morgan fingerprint density at radius 3 is 1.18 bits per heavy atom. The summed E-state index contributed by atoms with van der Waals surface area (Å²) in [5, 5.41) is 44.1. The van der Waals surface area contributed by atoms with Gasteiger partial charge in [0.15, 0.2) is 0 Å². The average Bonchev–Trinajstić information content (AvgIpc) is 3.39. The Hall–Kier alpha value is -1.51. The van der Waals surface area contributed by atoms with E-state index in [0.717, 1.165) is 51.4 Å². The maximum atomic E-state index is 12.1. The predicted octanol–water partition coefficient (Wildman–Crippen LogP) is 19.1. The molecule has 432 valence electrons. The van der Waals surface area contributed by atoms with Crippen LogP contribution in [0.15, 0.2) is 36.5 Å². The van der Waals surface area contributed by atoms with Crippen molar-refractivity contribution < 1.29 is 30.0 Å². The summed E-state index contributed by atoms with van der Waals surface area (Å²) in [5.41, 5.74) is 0. The van der Waals surface area contributed by atoms with E-state index in [9.17, 15) is 25.2 Å². The van der Waals surface area contributed by atoms with Crippen molar-refractivity contribution in [1.82, 2.24) is 5.32 Å². The highest BCUT2D eigenvalue weighted by Crippen LogP contribution is 2.18. The largest absolute Gasteiger partial charge is 0.466 e. The molecule has 0 aliphatic carbocycles. The lowest BCUT2D eigenvalue weighted by molar-refractivity contribution is -0.143. The van der Waals surface area contributed by atoms with Crippen molar-refractivity contribution in [2.24, 2.45) is 0 Å². The van der Waals surface area contributed by atoms with Gasteiger partial charge in [-0.3, -0.25) is 10.1 Å². The molecule has 0 spiro atoms. The van der Waals surface area contributed by atoms with E-state index in [4.69, 9.17) is 4.74 Å². The van der Waals surface area contributed by atoms with E-state index in [2.05, 4.69) is 43.5 Å². The van der Waals surface area contributed by atoms with Gasteiger partial charge in [0.05, 0.1) is 31.5 Å². The van der Waals surface area contributed by atoms with Crippen LogP contribution in [0.3, 0.4) is 0 Å². The summed E-state index contributed by atoms with van der Waals surface area (Å²) in [6, 6.07) is -0.648. The molecule has 4 unspecified atom stereocenters. The number of carbonyl (C=O) groups is 1. The van der Waals surface area contributed by atoms with Crippen molar-refractivity contribution in [3.8, 4) is 0 Å². The number of esters is 1. The molecule has 7 heteroatoms. The van der Waals surface area contributed by atoms with Crippen molar-refractivity contribution >= 4 is 5.97 Å². The summed E-state index contributed by atoms with van der Waals surface area (Å²) in [7, 11) is 0. The Balaban J connectivity index is 3.40. The van der Waals surface area contributed by atoms with Crippen LogP contribution >= 0.6 is 0 Å². The van der Waals surface area contributed by atoms with Gasteiger partial charge in [-0.2, -0.15) is 0 Å². The Morgan fingerprint density at radius 2 is 0.753 bits per heavy atom. The molecule has 0 aromatic carbocycles. The monoisotopic (exact) mass is 1030 g/mol. The Kier molecular flexibility index (Phi) is 60.1. The van der Waals surface area contributed by atoms with Gasteiger partial charge >= 0.3 is 5.97 Å². The quantitative estimate of drug-likeness (QED) is 0.0178. The van der Waals surface area contributed by atoms with Crippen molar-refractivity contribution in [2.75, 3.05) is 13.2 Å². The number of nitrogens with one attached hydrogen (secondary N) is 1. The van der Waals surface area contributed by atoms with E-state index in [-0.39, 0.29) is 12.6 Å². The molecular weight excluding hydrogens is 903 g/mol. The third kappa shape index (κ3) is 58.0. The molecule has 0 amide bonds. The maximum Gasteiger partial charge on any atom is 0.305 e. The molecule has 0 heterocycles. The van der Waals surface area contributed by atoms with Crippen LogP contribution in [-0.4, -0.2) is 64.1 Å². The molecule has 73 heavy (non-hydrogen) atoms. The smallest absolute Gasteiger partial charge is 0.305 e. The first-order valence-corrected chi connectivity index (χ1v) is 32.5. The number of carbonyl (C=O) groups excluding carboxylic acids is 1. The first-order chi connectivity index (χ1) is 35.9. The molecule has 0 aliphatic heterocycles. The summed E-state index contributed by atoms with van der Waals surface area (Å²) in [6.07, 6.45) is 73.7. The first-order valence-electron chi connectivity index (χ1n) is 32.5. The number of hydrogen-bond acceptors (Lipinski definition) is 7. The van der Waals surface area contributed by atoms with Gasteiger partial charge in [-0.05, 0) is 64.2 Å². The topological polar surface area (TPSA) is 119 Å². The second-order valence-electron chi connectivity index (χ2n) is 22.4. The number of aliphatic hydroxyl groups is 4. The highest BCUT2D eigenvalue weighted by molar-refractivity contribution is 5.69. The third-order valence-corrected chi connectivity index (χ3v) is 15.1. The minimum atomic E-state index is -0.957. The lowest BCUT2D eigenvalue weighted by Gasteiger charge is -2.24. The zero-order valence-electron chi connectivity index (χ0n) is 48.9. The first kappa shape index (κ1) is 71.5. The van der Waals surface area contributed by atoms with Gasteiger partial charge in [0.2, 0.25) is 0 Å². The number of ether oxygens (including phenoxy) is 1. The van der Waals surface area contributed by atoms with Gasteiger partial charge in [0.25, 0.3) is 0 Å². The SMILES string of the molecule is CCCCC/C=C\C/C=C\CCCCCCCC(=O)OCCCCCCCCCCCCCCCCCCCCCCCCCCCCCC(O)NC(CO)C(O)/C=C/C(O)CCCCCCCCCCCC. The van der Waals surface area contributed by atoms with Crippen LogP contribution < -0.4 is 5.32 Å². The van der Waals surface area contributed by atoms with Gasteiger partial charge < -0.3 is 25.2 Å². The van der Waals surface area contributed by atoms with E-state index in [1.54, 1.807) is 12.2 Å². The molecule has 0 rings (SSSR count). The van der Waals surface area contributed by atoms with Crippen molar-refractivity contribution in [3.63, 3.8) is 0 Å². The van der Waals surface area contributed by atoms with Crippen LogP contribution in [0.4, 0.5) is 0 Å². The summed E-state index contributed by atoms with van der Waals surface area (Å²) >= 11 is 0. The zero-order valence-corrected chi connectivity index (χ0v) is 48.9. The molecule has 5 N–H and O–H groups in total. The van der Waals surface area contributed by atoms with E-state index >= 15 is 0 Å². The van der Waals surface area contributed by atoms with Crippen LogP contribution in [0.2, 0.25) is 0 Å². The number of aliphatic hydroxyl groups excluding tert-OH is 4. The maximum absolute atomic E-state index is 12.1. The molecule has 0 saturated carbocycles. The molecule has 0 radical (unpaired) electrons. The van der Waals surface area contributed by atoms with Crippen molar-refractivity contribution in [2.45, 2.75) is 366 Å². The second kappa shape index (κ2) is 61.3. The van der Waals surface area contributed by atoms with Crippen LogP contribution in [0.5, 0.6) is 0 Å². The fourth-order valence-electron chi connectivity index (χ4n) is 10.1. The predicted molar refractivity (Wildman–Crippen MR) is 317 cm³/mol. The van der Waals surface area contributed by atoms with Gasteiger partial charge in [0.1, 0.15) is 6.23 Å². The summed E-state index contributed by atoms with van der Waals surface area (Å²) < 4.78 is 5.48. The molecule has 0 fully saturated rings. The van der Waals surface area contributed by atoms with E-state index in [0.29, 0.717) is 25.9 Å². The highest BCUT2D eigenvalue weighted by atomic mass is 16.5. The number of hydrogen-bond donors (Lipinski definition) is 5. The van der Waals surface area contributed by atoms with Gasteiger partial charge in [-0.15, -0.1) is 0 Å². The van der Waals surface area contributed by atoms with Crippen LogP contribution in [0, 0.1) is 0 Å². The van der Waals surface area contributed by atoms with E-state index in [1.165, 1.54) is 257 Å². The molecule has 4 atom stereocenters. The number of rotatable bonds is 61. The standard InChI is InChI=1S/C66H127NO6/c1-3-5-7-9-11-13-15-16-30-34-37-41-45-49-53-57-66(72)73-60-54-50-46-42-38-35-32-29-27-25-23-21-19-17-18-20-22-24-26-28-31-33-36-40-44-48-52-56-65(71)67-63(61-68)64(70)59-58-62(69)55-51-47-43-39-14-12-10-8-6-4-2/h11,13,16,30,58-59,62-65,67-71H,3-10,12,14-15,17-29,31-57,60-61H2,1-2H3/b13-11-,30-16-,59-58+. The zero-order chi connectivity index (χ0) is 53.0. The lowest BCUT2D eigenvalue weighted by atomic mass is 10.0. The van der Waals surface area contributed by atoms with Gasteiger partial charge in [-0.1, -0.05) is 307 Å². The number of allylic oxidation sites excluding steroid dienone is 4. The molecule has 7 nitrogen and oxygen atoms in total. The molecule has 0 saturated heterocycles. The Morgan fingerprint density at radius 1 is 0.411 bits per heavy atom. The molecule has 0 aromatic heterocycles. The minimum Gasteiger partial charge on any atom is -0.466 e. The number of unbranched alkanes of at least 4 members (excludes halogenated alkanes) is 43. The highest BCUT2D eigenvalue weighted by Gasteiger charge is 2.19. The molecule has 0 bridgehead atoms. The van der Waals surface area contributed by atoms with Crippen molar-refractivity contribution in [3.05, 3.63) is 36.5 Å². The van der Waals surface area contributed by atoms with E-state index in [1.807, 2.05) is 0 Å². The van der Waals surface area contributed by atoms with Crippen LogP contribution in [0.1, 0.15) is 341 Å². The van der Waals surface area contributed by atoms with Crippen LogP contribution in [-0.2, 0) is 9.53 Å². The van der Waals surface area contributed by atoms with Gasteiger partial charge in [-0.25, -0.2) is 0 Å². The van der Waals surface area contributed by atoms with E-state index < -0.39 is 24.5 Å². The molecule has 0 aliphatic rings. The molecular formula is C66H127NO6. The Bertz CT molecular complexity index is 1160. The minimum absolute atomic E-state index is 0.00217. The fourth-order valence-corrected chi connectivity index (χ4v) is 10.1. The van der Waals surface area contributed by atoms with Crippen molar-refractivity contribution in [1.29, 1.82) is 0 Å². The van der Waals surface area contributed by atoms with Gasteiger partial charge in [0, 0.05) is 6.42 Å². The normalized spacial score (nSPS) is 13.8. The lowest BCUT2D eigenvalue weighted by Crippen LogP contribution is -2.47.